The third kappa shape index (κ3) is 41.0. The Labute approximate surface area is 365 Å². The van der Waals surface area contributed by atoms with Gasteiger partial charge in [-0.15, -0.1) is 0 Å². The predicted molar refractivity (Wildman–Crippen MR) is 245 cm³/mol. The quantitative estimate of drug-likeness (QED) is 0.0133. The number of ether oxygens (including phenoxy) is 2. The number of nitrogens with two attached hydrogens (primary N) is 1. The van der Waals surface area contributed by atoms with Crippen LogP contribution in [-0.2, 0) is 42.3 Å². The van der Waals surface area contributed by atoms with E-state index in [1.165, 1.54) is 0 Å². The number of hydrogen-bond acceptors (Lipinski definition) is 10. The molecule has 61 heavy (non-hydrogen) atoms. The van der Waals surface area contributed by atoms with Crippen molar-refractivity contribution in [2.75, 3.05) is 19.8 Å². The summed E-state index contributed by atoms with van der Waals surface area (Å²) in [5.74, 6) is -2.40. The first-order valence-electron chi connectivity index (χ1n) is 21.9. The number of carbonyl (C=O) groups is 4. The van der Waals surface area contributed by atoms with Crippen molar-refractivity contribution in [3.8, 4) is 0 Å². The van der Waals surface area contributed by atoms with Gasteiger partial charge >= 0.3 is 25.7 Å². The van der Waals surface area contributed by atoms with Gasteiger partial charge in [0.25, 0.3) is 0 Å². The molecule has 13 heteroatoms. The van der Waals surface area contributed by atoms with E-state index in [4.69, 9.17) is 24.8 Å². The smallest absolute Gasteiger partial charge is 0.472 e. The molecule has 0 aromatic heterocycles. The number of hydrogen-bond donors (Lipinski definition) is 3. The van der Waals surface area contributed by atoms with Crippen molar-refractivity contribution in [2.24, 2.45) is 5.73 Å². The van der Waals surface area contributed by atoms with E-state index in [-0.39, 0.29) is 18.6 Å². The van der Waals surface area contributed by atoms with Gasteiger partial charge in [0.2, 0.25) is 0 Å². The second-order valence-electron chi connectivity index (χ2n) is 14.1. The molecule has 12 nitrogen and oxygen atoms in total. The van der Waals surface area contributed by atoms with Crippen molar-refractivity contribution < 1.29 is 52.3 Å². The molecule has 0 aromatic carbocycles. The Balaban J connectivity index is 4.58. The highest BCUT2D eigenvalue weighted by Crippen LogP contribution is 2.43. The Hall–Kier alpha value is -4.19. The highest BCUT2D eigenvalue weighted by atomic mass is 31.2. The summed E-state index contributed by atoms with van der Waals surface area (Å²) < 4.78 is 32.6. The Kier molecular flexibility index (Phi) is 38.3. The van der Waals surface area contributed by atoms with Gasteiger partial charge in [0.1, 0.15) is 12.6 Å². The third-order valence-corrected chi connectivity index (χ3v) is 9.43. The molecule has 0 amide bonds. The molecule has 0 saturated heterocycles. The van der Waals surface area contributed by atoms with E-state index < -0.39 is 57.7 Å². The number of carboxylic acids is 1. The summed E-state index contributed by atoms with van der Waals surface area (Å²) in [6, 6.07) is -1.55. The third-order valence-electron chi connectivity index (χ3n) is 8.48. The highest BCUT2D eigenvalue weighted by Gasteiger charge is 2.28. The molecule has 0 heterocycles. The molecule has 0 bridgehead atoms. The number of phosphoric ester groups is 1. The molecule has 0 radical (unpaired) electrons. The van der Waals surface area contributed by atoms with Crippen LogP contribution in [0, 0.1) is 0 Å². The summed E-state index contributed by atoms with van der Waals surface area (Å²) >= 11 is 0. The van der Waals surface area contributed by atoms with Crippen LogP contribution in [0.3, 0.4) is 0 Å². The minimum absolute atomic E-state index is 0.0911. The summed E-state index contributed by atoms with van der Waals surface area (Å²) in [6.45, 7) is 2.40. The van der Waals surface area contributed by atoms with E-state index in [2.05, 4.69) is 79.1 Å². The topological polar surface area (TPSA) is 189 Å². The number of aliphatic carboxylic acids is 1. The lowest BCUT2D eigenvalue weighted by Crippen LogP contribution is -2.34. The van der Waals surface area contributed by atoms with Gasteiger partial charge in [-0.25, -0.2) is 4.57 Å². The van der Waals surface area contributed by atoms with E-state index in [0.717, 1.165) is 83.5 Å². The van der Waals surface area contributed by atoms with Crippen LogP contribution in [0.4, 0.5) is 0 Å². The number of phosphoric acid groups is 1. The van der Waals surface area contributed by atoms with Gasteiger partial charge in [0, 0.05) is 19.3 Å². The number of ketones is 1. The zero-order valence-corrected chi connectivity index (χ0v) is 37.6. The van der Waals surface area contributed by atoms with Crippen LogP contribution >= 0.6 is 7.82 Å². The maximum atomic E-state index is 12.6. The lowest BCUT2D eigenvalue weighted by atomic mass is 10.1. The lowest BCUT2D eigenvalue weighted by Gasteiger charge is -2.20. The van der Waals surface area contributed by atoms with Crippen molar-refractivity contribution in [3.63, 3.8) is 0 Å². The molecule has 0 spiro atoms. The largest absolute Gasteiger partial charge is 0.480 e. The van der Waals surface area contributed by atoms with Crippen molar-refractivity contribution in [1.82, 2.24) is 0 Å². The Morgan fingerprint density at radius 1 is 0.574 bits per heavy atom. The standard InChI is InChI=1S/C48H74NO11P/c1-3-5-7-8-9-10-11-12-13-14-15-16-17-18-21-25-28-31-35-39-47(52)60-44(41-58-61(55,56)59-42-45(49)48(53)54)40-57-46(51)38-34-30-27-24-22-19-20-23-26-29-33-37-43(50)36-32-6-4-2/h5,7,9-10,12-13,15-16,18-21,24,26-27,29,33,37,44-45H,3-4,6,8,11,14,17,22-23,25,28,30-32,34-36,38-42,49H2,1-2H3,(H,53,54)(H,55,56)/b7-5-,10-9-,13-12-,16-15-,20-19-,21-18-,27-24-,29-26-,37-33+/t44-,45+/m1/s1. The lowest BCUT2D eigenvalue weighted by molar-refractivity contribution is -0.161. The Morgan fingerprint density at radius 3 is 1.66 bits per heavy atom. The summed E-state index contributed by atoms with van der Waals surface area (Å²) in [4.78, 5) is 57.7. The molecule has 0 rings (SSSR count). The van der Waals surface area contributed by atoms with Crippen molar-refractivity contribution in [2.45, 2.75) is 148 Å². The zero-order valence-electron chi connectivity index (χ0n) is 36.7. The van der Waals surface area contributed by atoms with E-state index in [1.54, 1.807) is 12.2 Å². The minimum Gasteiger partial charge on any atom is -0.480 e. The zero-order chi connectivity index (χ0) is 45.1. The molecular weight excluding hydrogens is 797 g/mol. The van der Waals surface area contributed by atoms with Gasteiger partial charge in [0.05, 0.1) is 13.2 Å². The maximum absolute atomic E-state index is 12.6. The predicted octanol–water partition coefficient (Wildman–Crippen LogP) is 11.0. The molecule has 0 aliphatic carbocycles. The van der Waals surface area contributed by atoms with Gasteiger partial charge < -0.3 is 25.2 Å². The number of esters is 2. The number of carboxylic acid groups (broad SMARTS) is 1. The van der Waals surface area contributed by atoms with E-state index in [1.807, 2.05) is 36.5 Å². The van der Waals surface area contributed by atoms with Crippen LogP contribution in [-0.4, -0.2) is 65.7 Å². The molecule has 1 unspecified atom stereocenters. The van der Waals surface area contributed by atoms with Crippen LogP contribution in [0.15, 0.2) is 109 Å². The van der Waals surface area contributed by atoms with Crippen molar-refractivity contribution >= 4 is 31.5 Å². The van der Waals surface area contributed by atoms with Crippen LogP contribution in [0.2, 0.25) is 0 Å². The fourth-order valence-corrected chi connectivity index (χ4v) is 5.81. The number of unbranched alkanes of at least 4 members (excludes halogenated alkanes) is 6. The fourth-order valence-electron chi connectivity index (χ4n) is 5.04. The van der Waals surface area contributed by atoms with Gasteiger partial charge in [-0.1, -0.05) is 136 Å². The molecule has 0 saturated carbocycles. The molecule has 0 aliphatic rings. The van der Waals surface area contributed by atoms with Gasteiger partial charge in [-0.2, -0.15) is 0 Å². The van der Waals surface area contributed by atoms with Gasteiger partial charge in [-0.3, -0.25) is 28.2 Å². The second kappa shape index (κ2) is 41.2. The van der Waals surface area contributed by atoms with Gasteiger partial charge in [0.15, 0.2) is 11.9 Å². The SMILES string of the molecule is CC/C=C\C/C=C\C/C=C\C/C=C\C/C=C\CCCCCC(=O)O[C@H](COC(=O)CCC/C=C\C/C=C\C/C=C\C=C\C(=O)CCCCC)COP(=O)(O)OC[C@H](N)C(=O)O. The van der Waals surface area contributed by atoms with Crippen molar-refractivity contribution in [1.29, 1.82) is 0 Å². The summed E-state index contributed by atoms with van der Waals surface area (Å²) in [7, 11) is -4.76. The van der Waals surface area contributed by atoms with Crippen LogP contribution in [0.1, 0.15) is 136 Å². The van der Waals surface area contributed by atoms with Gasteiger partial charge in [-0.05, 0) is 89.5 Å². The summed E-state index contributed by atoms with van der Waals surface area (Å²) in [5.41, 5.74) is 5.32. The molecule has 3 atom stereocenters. The average Bonchev–Trinajstić information content (AvgIpc) is 3.23. The molecule has 342 valence electrons. The first kappa shape index (κ1) is 56.8. The van der Waals surface area contributed by atoms with E-state index in [0.29, 0.717) is 25.7 Å². The Morgan fingerprint density at radius 2 is 1.08 bits per heavy atom. The number of allylic oxidation sites excluding steroid dienone is 18. The number of rotatable bonds is 39. The number of carbonyl (C=O) groups excluding carboxylic acids is 3. The van der Waals surface area contributed by atoms with Crippen LogP contribution < -0.4 is 5.73 Å². The average molecular weight is 872 g/mol. The first-order chi connectivity index (χ1) is 29.5. The molecule has 0 aliphatic heterocycles. The summed E-state index contributed by atoms with van der Waals surface area (Å²) in [5, 5.41) is 8.89. The minimum atomic E-state index is -4.76. The van der Waals surface area contributed by atoms with E-state index >= 15 is 0 Å². The molecule has 4 N–H and O–H groups in total. The maximum Gasteiger partial charge on any atom is 0.472 e. The first-order valence-corrected chi connectivity index (χ1v) is 23.4. The van der Waals surface area contributed by atoms with Crippen LogP contribution in [0.25, 0.3) is 0 Å². The Bertz CT molecular complexity index is 1510. The summed E-state index contributed by atoms with van der Waals surface area (Å²) in [6.07, 6.45) is 50.0. The van der Waals surface area contributed by atoms with E-state index in [9.17, 15) is 28.6 Å². The molecule has 0 fully saturated rings. The van der Waals surface area contributed by atoms with Crippen LogP contribution in [0.5, 0.6) is 0 Å². The monoisotopic (exact) mass is 871 g/mol. The molecular formula is C48H74NO11P. The normalized spacial score (nSPS) is 14.6. The second-order valence-corrected chi connectivity index (χ2v) is 15.6. The fraction of sp³-hybridized carbons (Fsp3) is 0.542. The molecule has 0 aromatic rings. The van der Waals surface area contributed by atoms with Crippen molar-refractivity contribution in [3.05, 3.63) is 109 Å². The highest BCUT2D eigenvalue weighted by molar-refractivity contribution is 7.47.